The Morgan fingerprint density at radius 2 is 1.15 bits per heavy atom. The zero-order valence-electron chi connectivity index (χ0n) is 15.5. The van der Waals surface area contributed by atoms with Crippen molar-refractivity contribution in [1.82, 2.24) is 0 Å². The minimum Gasteiger partial charge on any atom is -0.543 e. The highest BCUT2D eigenvalue weighted by Gasteiger charge is 2.39. The topological polar surface area (TPSA) is 132 Å². The van der Waals surface area contributed by atoms with Gasteiger partial charge in [-0.2, -0.15) is 0 Å². The Kier molecular flexibility index (Phi) is 8.27. The fourth-order valence-corrected chi connectivity index (χ4v) is 4.37. The normalized spacial score (nSPS) is 33.1. The molecule has 4 rings (SSSR count). The maximum atomic E-state index is 8.93. The van der Waals surface area contributed by atoms with Crippen LogP contribution in [0.4, 0.5) is 0 Å². The summed E-state index contributed by atoms with van der Waals surface area (Å²) in [6.45, 7) is 9.34. The van der Waals surface area contributed by atoms with E-state index in [9.17, 15) is 0 Å². The average Bonchev–Trinajstić information content (AvgIpc) is 3.28. The van der Waals surface area contributed by atoms with Gasteiger partial charge in [0.15, 0.2) is 0 Å². The van der Waals surface area contributed by atoms with Crippen LogP contribution >= 0.6 is 0 Å². The molecule has 0 aliphatic carbocycles. The van der Waals surface area contributed by atoms with Crippen molar-refractivity contribution in [2.24, 2.45) is 10.8 Å². The van der Waals surface area contributed by atoms with E-state index in [0.717, 1.165) is 26.4 Å². The molecular formula is C18H32N2O6. The highest BCUT2D eigenvalue weighted by Crippen LogP contribution is 2.32. The maximum absolute atomic E-state index is 8.93. The zero-order chi connectivity index (χ0) is 18.9. The molecule has 26 heavy (non-hydrogen) atoms. The van der Waals surface area contributed by atoms with Crippen LogP contribution in [0.3, 0.4) is 0 Å². The molecule has 8 nitrogen and oxygen atoms in total. The van der Waals surface area contributed by atoms with Crippen LogP contribution in [0.1, 0.15) is 38.5 Å². The van der Waals surface area contributed by atoms with E-state index in [1.165, 1.54) is 64.7 Å². The van der Waals surface area contributed by atoms with Crippen LogP contribution in [-0.4, -0.2) is 64.5 Å². The van der Waals surface area contributed by atoms with Gasteiger partial charge < -0.3 is 39.9 Å². The number of ether oxygens (including phenoxy) is 2. The summed E-state index contributed by atoms with van der Waals surface area (Å²) >= 11 is 0. The number of aliphatic carboxylic acids is 2. The Balaban J connectivity index is 0.000000146. The Bertz CT molecular complexity index is 401. The van der Waals surface area contributed by atoms with Crippen LogP contribution in [-0.2, 0) is 19.1 Å². The molecular weight excluding hydrogens is 340 g/mol. The van der Waals surface area contributed by atoms with E-state index >= 15 is 0 Å². The number of carboxylic acids is 2. The molecule has 150 valence electrons. The highest BCUT2D eigenvalue weighted by atomic mass is 16.5. The van der Waals surface area contributed by atoms with Crippen LogP contribution in [0, 0.1) is 10.8 Å². The molecule has 0 aromatic carbocycles. The molecule has 0 radical (unpaired) electrons. The largest absolute Gasteiger partial charge is 0.543 e. The summed E-state index contributed by atoms with van der Waals surface area (Å²) in [7, 11) is 0. The van der Waals surface area contributed by atoms with Crippen molar-refractivity contribution in [3.63, 3.8) is 0 Å². The van der Waals surface area contributed by atoms with E-state index in [4.69, 9.17) is 29.3 Å². The summed E-state index contributed by atoms with van der Waals surface area (Å²) in [5.41, 5.74) is 1.19. The molecule has 0 saturated carbocycles. The number of nitrogens with two attached hydrogens (primary N) is 2. The van der Waals surface area contributed by atoms with Gasteiger partial charge in [-0.05, 0) is 25.7 Å². The maximum Gasteiger partial charge on any atom is 0.0870 e. The minimum atomic E-state index is -2.19. The van der Waals surface area contributed by atoms with Crippen LogP contribution in [0.15, 0.2) is 0 Å². The fraction of sp³-hybridized carbons (Fsp3) is 0.889. The number of hydrogen-bond donors (Lipinski definition) is 2. The smallest absolute Gasteiger partial charge is 0.0870 e. The summed E-state index contributed by atoms with van der Waals surface area (Å²) in [6, 6.07) is 0. The first-order chi connectivity index (χ1) is 12.5. The molecule has 2 unspecified atom stereocenters. The van der Waals surface area contributed by atoms with Crippen LogP contribution in [0.25, 0.3) is 0 Å². The second-order valence-corrected chi connectivity index (χ2v) is 7.95. The van der Waals surface area contributed by atoms with Gasteiger partial charge in [-0.3, -0.25) is 0 Å². The van der Waals surface area contributed by atoms with E-state index in [1.54, 1.807) is 0 Å². The predicted molar refractivity (Wildman–Crippen MR) is 87.5 cm³/mol. The monoisotopic (exact) mass is 372 g/mol. The molecule has 0 bridgehead atoms. The lowest BCUT2D eigenvalue weighted by Gasteiger charge is -2.29. The van der Waals surface area contributed by atoms with Gasteiger partial charge in [0, 0.05) is 36.9 Å². The Hall–Kier alpha value is -1.22. The molecule has 4 saturated heterocycles. The van der Waals surface area contributed by atoms with Crippen molar-refractivity contribution in [3.8, 4) is 0 Å². The van der Waals surface area contributed by atoms with Gasteiger partial charge in [0.05, 0.1) is 51.3 Å². The molecule has 4 fully saturated rings. The highest BCUT2D eigenvalue weighted by molar-refractivity contribution is 6.25. The van der Waals surface area contributed by atoms with Crippen LogP contribution in [0.5, 0.6) is 0 Å². The summed E-state index contributed by atoms with van der Waals surface area (Å²) < 4.78 is 11.0. The standard InChI is InChI=1S/2C8H15NO.C2H2O4/c2*1-2-8(7-10-5-1)3-4-9-6-8;3-1(4)2(5)6/h2*9H,1-7H2;(H,3,4)(H,5,6). The minimum absolute atomic E-state index is 0.595. The van der Waals surface area contributed by atoms with E-state index < -0.39 is 11.9 Å². The molecule has 2 spiro atoms. The van der Waals surface area contributed by atoms with Crippen molar-refractivity contribution in [1.29, 1.82) is 0 Å². The molecule has 4 aliphatic heterocycles. The lowest BCUT2D eigenvalue weighted by molar-refractivity contribution is -0.641. The van der Waals surface area contributed by atoms with Gasteiger partial charge in [-0.1, -0.05) is 0 Å². The summed E-state index contributed by atoms with van der Waals surface area (Å²) in [5.74, 6) is -4.37. The van der Waals surface area contributed by atoms with Gasteiger partial charge in [0.1, 0.15) is 0 Å². The van der Waals surface area contributed by atoms with Crippen molar-refractivity contribution in [2.45, 2.75) is 38.5 Å². The Morgan fingerprint density at radius 3 is 1.38 bits per heavy atom. The second-order valence-electron chi connectivity index (χ2n) is 7.95. The first-order valence-electron chi connectivity index (χ1n) is 9.68. The number of rotatable bonds is 0. The lowest BCUT2D eigenvalue weighted by Crippen LogP contribution is -2.82. The molecule has 0 aromatic rings. The fourth-order valence-electron chi connectivity index (χ4n) is 4.37. The van der Waals surface area contributed by atoms with E-state index in [2.05, 4.69) is 10.6 Å². The number of carboxylic acid groups (broad SMARTS) is 2. The third kappa shape index (κ3) is 6.50. The van der Waals surface area contributed by atoms with Crippen molar-refractivity contribution in [2.75, 3.05) is 52.6 Å². The van der Waals surface area contributed by atoms with E-state index in [-0.39, 0.29) is 0 Å². The van der Waals surface area contributed by atoms with E-state index in [1.807, 2.05) is 0 Å². The third-order valence-electron chi connectivity index (χ3n) is 5.89. The quantitative estimate of drug-likeness (QED) is 0.417. The van der Waals surface area contributed by atoms with Crippen molar-refractivity contribution >= 4 is 11.9 Å². The number of carbonyl (C=O) groups excluding carboxylic acids is 2. The Morgan fingerprint density at radius 1 is 0.731 bits per heavy atom. The number of carbonyl (C=O) groups is 2. The Labute approximate surface area is 154 Å². The van der Waals surface area contributed by atoms with Gasteiger partial charge >= 0.3 is 0 Å². The molecule has 4 N–H and O–H groups in total. The van der Waals surface area contributed by atoms with Gasteiger partial charge in [0.2, 0.25) is 0 Å². The second kappa shape index (κ2) is 10.2. The lowest BCUT2D eigenvalue weighted by atomic mass is 9.82. The van der Waals surface area contributed by atoms with Crippen LogP contribution in [0.2, 0.25) is 0 Å². The van der Waals surface area contributed by atoms with Crippen molar-refractivity contribution in [3.05, 3.63) is 0 Å². The molecule has 2 atom stereocenters. The SMILES string of the molecule is C1COCC2(C1)CC[NH2+]C2.C1COCC2(C1)CC[NH2+]C2.O=C([O-])C(=O)[O-]. The van der Waals surface area contributed by atoms with Crippen LogP contribution < -0.4 is 20.8 Å². The molecule has 0 aromatic heterocycles. The van der Waals surface area contributed by atoms with Gasteiger partial charge in [-0.25, -0.2) is 0 Å². The summed E-state index contributed by atoms with van der Waals surface area (Å²) in [6.07, 6.45) is 8.15. The third-order valence-corrected chi connectivity index (χ3v) is 5.89. The van der Waals surface area contributed by atoms with Crippen molar-refractivity contribution < 1.29 is 39.9 Å². The first kappa shape index (κ1) is 21.1. The molecule has 8 heteroatoms. The molecule has 4 aliphatic rings. The number of hydrogen-bond acceptors (Lipinski definition) is 6. The van der Waals surface area contributed by atoms with E-state index in [0.29, 0.717) is 10.8 Å². The summed E-state index contributed by atoms with van der Waals surface area (Å²) in [4.78, 5) is 17.9. The first-order valence-corrected chi connectivity index (χ1v) is 9.68. The molecule has 0 amide bonds. The zero-order valence-corrected chi connectivity index (χ0v) is 15.5. The number of quaternary nitrogens is 2. The van der Waals surface area contributed by atoms with Gasteiger partial charge in [0.25, 0.3) is 0 Å². The average molecular weight is 372 g/mol. The van der Waals surface area contributed by atoms with Gasteiger partial charge in [-0.15, -0.1) is 0 Å². The predicted octanol–water partition coefficient (Wildman–Crippen LogP) is -4.01. The summed E-state index contributed by atoms with van der Waals surface area (Å²) in [5, 5.41) is 22.7. The molecule has 4 heterocycles.